The number of nitrogens with zero attached hydrogens (tertiary/aromatic N) is 4. The lowest BCUT2D eigenvalue weighted by molar-refractivity contribution is -0.688. The Kier molecular flexibility index (Phi) is 10.7. The second kappa shape index (κ2) is 15.0. The number of benzene rings is 3. The third kappa shape index (κ3) is 8.61. The maximum absolute atomic E-state index is 12.2. The third-order valence-electron chi connectivity index (χ3n) is 8.81. The summed E-state index contributed by atoms with van der Waals surface area (Å²) in [6, 6.07) is 20.8. The number of carbonyl (C=O) groups excluding carboxylic acids is 2. The van der Waals surface area contributed by atoms with Crippen LogP contribution in [0.1, 0.15) is 38.8 Å². The zero-order valence-electron chi connectivity index (χ0n) is 28.8. The lowest BCUT2D eigenvalue weighted by Crippen LogP contribution is -2.48. The predicted octanol–water partition coefficient (Wildman–Crippen LogP) is 6.10. The van der Waals surface area contributed by atoms with Gasteiger partial charge in [0.15, 0.2) is 0 Å². The lowest BCUT2D eigenvalue weighted by atomic mass is 9.97. The summed E-state index contributed by atoms with van der Waals surface area (Å²) in [7, 11) is 0. The van der Waals surface area contributed by atoms with Crippen LogP contribution in [0.5, 0.6) is 11.5 Å². The Hall–Kier alpha value is -4.09. The van der Waals surface area contributed by atoms with E-state index >= 15 is 0 Å². The molecule has 4 aromatic rings. The molecule has 1 amide bonds. The zero-order chi connectivity index (χ0) is 35.5. The first kappa shape index (κ1) is 35.7. The number of ether oxygens (including phenoxy) is 4. The normalized spacial score (nSPS) is 19.4. The number of rotatable bonds is 10. The van der Waals surface area contributed by atoms with Crippen molar-refractivity contribution in [3.05, 3.63) is 107 Å². The van der Waals surface area contributed by atoms with Gasteiger partial charge in [-0.05, 0) is 74.9 Å². The molecule has 0 unspecified atom stereocenters. The van der Waals surface area contributed by atoms with Crippen LogP contribution in [0.25, 0.3) is 0 Å². The molecule has 3 heterocycles. The number of aromatic nitrogens is 2. The van der Waals surface area contributed by atoms with Gasteiger partial charge in [-0.2, -0.15) is 0 Å². The summed E-state index contributed by atoms with van der Waals surface area (Å²) < 4.78 is 28.8. The van der Waals surface area contributed by atoms with E-state index in [0.717, 1.165) is 43.2 Å². The van der Waals surface area contributed by atoms with Gasteiger partial charge in [-0.3, -0.25) is 9.59 Å². The second-order valence-corrected chi connectivity index (χ2v) is 14.6. The highest BCUT2D eigenvalue weighted by Gasteiger charge is 2.47. The highest BCUT2D eigenvalue weighted by molar-refractivity contribution is 6.35. The van der Waals surface area contributed by atoms with Crippen molar-refractivity contribution < 1.29 is 33.1 Å². The maximum atomic E-state index is 12.2. The molecule has 0 bridgehead atoms. The van der Waals surface area contributed by atoms with E-state index in [4.69, 9.17) is 42.1 Å². The Balaban J connectivity index is 1.09. The summed E-state index contributed by atoms with van der Waals surface area (Å²) in [5, 5.41) is 0.972. The molecule has 2 aliphatic heterocycles. The number of anilines is 1. The molecule has 10 nitrogen and oxygen atoms in total. The molecule has 0 N–H and O–H groups in total. The summed E-state index contributed by atoms with van der Waals surface area (Å²) in [6.07, 6.45) is 5.57. The molecule has 12 heteroatoms. The van der Waals surface area contributed by atoms with Gasteiger partial charge in [-0.15, -0.1) is 0 Å². The van der Waals surface area contributed by atoms with Gasteiger partial charge >= 0.3 is 5.97 Å². The van der Waals surface area contributed by atoms with Crippen LogP contribution in [0.2, 0.25) is 10.0 Å². The average Bonchev–Trinajstić information content (AvgIpc) is 3.71. The molecule has 6 rings (SSSR count). The summed E-state index contributed by atoms with van der Waals surface area (Å²) in [6.45, 7) is 11.7. The number of halogens is 2. The Morgan fingerprint density at radius 2 is 1.66 bits per heavy atom. The SMILES string of the molecule is CC(=O)N1CCN(c2ccc(OC[C@H]3CO[C@](Cn4cc[n+](Cc5ccc(OC(=O)C(C)(C)C)cc5)c4)(c4ccc(Cl)cc4Cl)O3)cc2)CC1. The minimum atomic E-state index is -1.17. The summed E-state index contributed by atoms with van der Waals surface area (Å²) in [5.41, 5.74) is 2.25. The van der Waals surface area contributed by atoms with Crippen molar-refractivity contribution in [3.63, 3.8) is 0 Å². The molecular formula is C38H43Cl2N4O6+. The van der Waals surface area contributed by atoms with E-state index in [1.165, 1.54) is 0 Å². The molecule has 2 aliphatic rings. The molecule has 0 radical (unpaired) electrons. The smallest absolute Gasteiger partial charge is 0.316 e. The fourth-order valence-electron chi connectivity index (χ4n) is 5.98. The molecule has 1 aromatic heterocycles. The van der Waals surface area contributed by atoms with Crippen molar-refractivity contribution in [2.24, 2.45) is 5.41 Å². The Bertz CT molecular complexity index is 1800. The van der Waals surface area contributed by atoms with Gasteiger partial charge in [0, 0.05) is 49.4 Å². The largest absolute Gasteiger partial charge is 0.491 e. The van der Waals surface area contributed by atoms with Crippen molar-refractivity contribution in [3.8, 4) is 11.5 Å². The Labute approximate surface area is 303 Å². The van der Waals surface area contributed by atoms with Crippen LogP contribution in [0.15, 0.2) is 85.5 Å². The molecule has 0 aliphatic carbocycles. The molecule has 264 valence electrons. The fourth-order valence-corrected chi connectivity index (χ4v) is 6.53. The van der Waals surface area contributed by atoms with E-state index in [-0.39, 0.29) is 24.6 Å². The summed E-state index contributed by atoms with van der Waals surface area (Å²) in [5.74, 6) is -0.0782. The van der Waals surface area contributed by atoms with Gasteiger partial charge < -0.3 is 28.7 Å². The van der Waals surface area contributed by atoms with Crippen LogP contribution in [0, 0.1) is 5.41 Å². The highest BCUT2D eigenvalue weighted by Crippen LogP contribution is 2.40. The van der Waals surface area contributed by atoms with Crippen molar-refractivity contribution in [2.45, 2.75) is 52.7 Å². The van der Waals surface area contributed by atoms with E-state index in [1.807, 2.05) is 104 Å². The van der Waals surface area contributed by atoms with E-state index in [0.29, 0.717) is 41.1 Å². The predicted molar refractivity (Wildman–Crippen MR) is 191 cm³/mol. The van der Waals surface area contributed by atoms with Gasteiger partial charge in [0.2, 0.25) is 18.0 Å². The van der Waals surface area contributed by atoms with E-state index < -0.39 is 11.2 Å². The summed E-state index contributed by atoms with van der Waals surface area (Å²) in [4.78, 5) is 28.1. The van der Waals surface area contributed by atoms with Crippen LogP contribution in [0.4, 0.5) is 5.69 Å². The van der Waals surface area contributed by atoms with E-state index in [2.05, 4.69) is 9.47 Å². The van der Waals surface area contributed by atoms with Gasteiger partial charge in [-0.25, -0.2) is 9.13 Å². The maximum Gasteiger partial charge on any atom is 0.316 e. The number of esters is 1. The van der Waals surface area contributed by atoms with Gasteiger partial charge in [0.25, 0.3) is 0 Å². The number of amides is 1. The van der Waals surface area contributed by atoms with Crippen molar-refractivity contribution >= 4 is 40.8 Å². The number of hydrogen-bond acceptors (Lipinski definition) is 7. The molecule has 50 heavy (non-hydrogen) atoms. The van der Waals surface area contributed by atoms with Gasteiger partial charge in [0.1, 0.15) is 49.7 Å². The fraction of sp³-hybridized carbons (Fsp3) is 0.395. The first-order chi connectivity index (χ1) is 23.9. The monoisotopic (exact) mass is 721 g/mol. The minimum absolute atomic E-state index is 0.117. The Morgan fingerprint density at radius 3 is 2.32 bits per heavy atom. The molecular weight excluding hydrogens is 679 g/mol. The van der Waals surface area contributed by atoms with Gasteiger partial charge in [-0.1, -0.05) is 41.4 Å². The highest BCUT2D eigenvalue weighted by atomic mass is 35.5. The van der Waals surface area contributed by atoms with Gasteiger partial charge in [0.05, 0.1) is 17.0 Å². The first-order valence-corrected chi connectivity index (χ1v) is 17.5. The molecule has 2 saturated heterocycles. The lowest BCUT2D eigenvalue weighted by Gasteiger charge is -2.35. The standard InChI is InChI=1S/C38H43Cl2N4O6/c1-27(45)43-17-19-44(20-18-43)30-8-12-31(13-9-30)47-23-33-24-48-38(50-33,34-14-7-29(39)21-35(34)40)25-42-16-15-41(26-42)22-28-5-10-32(11-6-28)49-36(46)37(2,3)4/h5-16,21,26,33H,17-20,22-25H2,1-4H3/q+1/t33-,38-/m0/s1. The molecule has 2 fully saturated rings. The van der Waals surface area contributed by atoms with Crippen molar-refractivity contribution in [1.29, 1.82) is 0 Å². The number of piperazine rings is 1. The average molecular weight is 723 g/mol. The molecule has 2 atom stereocenters. The van der Waals surface area contributed by atoms with Crippen molar-refractivity contribution in [2.75, 3.05) is 44.3 Å². The van der Waals surface area contributed by atoms with E-state index in [9.17, 15) is 9.59 Å². The number of imidazole rings is 1. The Morgan fingerprint density at radius 1 is 0.960 bits per heavy atom. The van der Waals surface area contributed by atoms with Crippen LogP contribution in [-0.2, 0) is 37.9 Å². The third-order valence-corrected chi connectivity index (χ3v) is 9.36. The second-order valence-electron chi connectivity index (χ2n) is 13.8. The van der Waals surface area contributed by atoms with E-state index in [1.54, 1.807) is 19.1 Å². The minimum Gasteiger partial charge on any atom is -0.491 e. The van der Waals surface area contributed by atoms with Crippen molar-refractivity contribution in [1.82, 2.24) is 9.47 Å². The first-order valence-electron chi connectivity index (χ1n) is 16.7. The van der Waals surface area contributed by atoms with Crippen LogP contribution >= 0.6 is 23.2 Å². The zero-order valence-corrected chi connectivity index (χ0v) is 30.3. The van der Waals surface area contributed by atoms with Crippen LogP contribution < -0.4 is 18.9 Å². The number of carbonyl (C=O) groups is 2. The molecule has 0 saturated carbocycles. The summed E-state index contributed by atoms with van der Waals surface area (Å²) >= 11 is 13.0. The topological polar surface area (TPSA) is 86.4 Å². The number of hydrogen-bond donors (Lipinski definition) is 0. The van der Waals surface area contributed by atoms with Crippen LogP contribution in [0.3, 0.4) is 0 Å². The molecule has 3 aromatic carbocycles. The van der Waals surface area contributed by atoms with Crippen LogP contribution in [-0.4, -0.2) is 66.8 Å². The molecule has 0 spiro atoms. The quantitative estimate of drug-likeness (QED) is 0.111.